The van der Waals surface area contributed by atoms with Crippen molar-refractivity contribution < 1.29 is 13.6 Å². The number of hydrogen-bond acceptors (Lipinski definition) is 4. The Bertz CT molecular complexity index is 732. The van der Waals surface area contributed by atoms with E-state index in [4.69, 9.17) is 0 Å². The van der Waals surface area contributed by atoms with Crippen LogP contribution in [0.5, 0.6) is 0 Å². The van der Waals surface area contributed by atoms with Gasteiger partial charge in [-0.1, -0.05) is 19.3 Å². The summed E-state index contributed by atoms with van der Waals surface area (Å²) in [6.07, 6.45) is 6.87. The second-order valence-electron chi connectivity index (χ2n) is 5.83. The second kappa shape index (κ2) is 7.33. The van der Waals surface area contributed by atoms with Crippen molar-refractivity contribution in [2.75, 3.05) is 5.32 Å². The number of hydrogen-bond donors (Lipinski definition) is 2. The Kier molecular flexibility index (Phi) is 4.98. The maximum absolute atomic E-state index is 13.2. The number of nitrogens with one attached hydrogen (secondary N) is 2. The molecule has 1 aromatic carbocycles. The van der Waals surface area contributed by atoms with Crippen LogP contribution in [0.4, 0.5) is 20.4 Å². The summed E-state index contributed by atoms with van der Waals surface area (Å²) in [7, 11) is 0. The Labute approximate surface area is 138 Å². The fourth-order valence-corrected chi connectivity index (χ4v) is 2.75. The molecule has 7 heteroatoms. The van der Waals surface area contributed by atoms with Crippen LogP contribution in [0.15, 0.2) is 30.5 Å². The molecule has 1 aromatic heterocycles. The highest BCUT2D eigenvalue weighted by Crippen LogP contribution is 2.18. The van der Waals surface area contributed by atoms with Crippen LogP contribution < -0.4 is 10.6 Å². The molecule has 126 valence electrons. The van der Waals surface area contributed by atoms with Crippen LogP contribution in [0.2, 0.25) is 0 Å². The van der Waals surface area contributed by atoms with E-state index in [0.29, 0.717) is 5.69 Å². The number of nitrogens with zero attached hydrogens (tertiary/aromatic N) is 2. The zero-order chi connectivity index (χ0) is 16.9. The minimum Gasteiger partial charge on any atom is -0.348 e. The molecule has 1 aliphatic rings. The van der Waals surface area contributed by atoms with Gasteiger partial charge in [0.1, 0.15) is 5.69 Å². The van der Waals surface area contributed by atoms with Gasteiger partial charge in [0.15, 0.2) is 11.6 Å². The molecule has 1 saturated carbocycles. The van der Waals surface area contributed by atoms with Crippen LogP contribution in [0.25, 0.3) is 0 Å². The summed E-state index contributed by atoms with van der Waals surface area (Å²) in [5.74, 6) is -2.00. The van der Waals surface area contributed by atoms with Crippen LogP contribution >= 0.6 is 0 Å². The zero-order valence-corrected chi connectivity index (χ0v) is 13.1. The quantitative estimate of drug-likeness (QED) is 0.898. The van der Waals surface area contributed by atoms with Gasteiger partial charge >= 0.3 is 0 Å². The molecule has 2 N–H and O–H groups in total. The van der Waals surface area contributed by atoms with E-state index in [2.05, 4.69) is 20.6 Å². The fourth-order valence-electron chi connectivity index (χ4n) is 2.75. The van der Waals surface area contributed by atoms with Crippen molar-refractivity contribution in [1.29, 1.82) is 0 Å². The van der Waals surface area contributed by atoms with E-state index in [1.54, 1.807) is 0 Å². The zero-order valence-electron chi connectivity index (χ0n) is 13.1. The summed E-state index contributed by atoms with van der Waals surface area (Å²) < 4.78 is 26.2. The molecule has 1 heterocycles. The van der Waals surface area contributed by atoms with E-state index in [1.165, 1.54) is 24.8 Å². The van der Waals surface area contributed by atoms with Gasteiger partial charge in [-0.15, -0.1) is 0 Å². The minimum atomic E-state index is -0.966. The normalized spacial score (nSPS) is 15.1. The maximum Gasteiger partial charge on any atom is 0.270 e. The Morgan fingerprint density at radius 2 is 1.88 bits per heavy atom. The number of benzene rings is 1. The van der Waals surface area contributed by atoms with Crippen LogP contribution in [-0.2, 0) is 0 Å². The molecular weight excluding hydrogens is 314 g/mol. The van der Waals surface area contributed by atoms with Gasteiger partial charge in [-0.3, -0.25) is 4.79 Å². The van der Waals surface area contributed by atoms with Gasteiger partial charge in [-0.05, 0) is 31.0 Å². The summed E-state index contributed by atoms with van der Waals surface area (Å²) in [5.41, 5.74) is 0.541. The third-order valence-corrected chi connectivity index (χ3v) is 4.00. The molecule has 0 aliphatic heterocycles. The Morgan fingerprint density at radius 1 is 1.08 bits per heavy atom. The predicted octanol–water partition coefficient (Wildman–Crippen LogP) is 3.56. The molecule has 0 radical (unpaired) electrons. The number of carbonyl (C=O) groups excluding carboxylic acids is 1. The smallest absolute Gasteiger partial charge is 0.270 e. The third kappa shape index (κ3) is 4.04. The lowest BCUT2D eigenvalue weighted by Gasteiger charge is -2.22. The molecule has 0 bridgehead atoms. The Hall–Kier alpha value is -2.57. The monoisotopic (exact) mass is 332 g/mol. The van der Waals surface area contributed by atoms with E-state index >= 15 is 0 Å². The van der Waals surface area contributed by atoms with Gasteiger partial charge < -0.3 is 10.6 Å². The molecule has 5 nitrogen and oxygen atoms in total. The minimum absolute atomic E-state index is 0.150. The third-order valence-electron chi connectivity index (χ3n) is 4.00. The molecule has 1 aliphatic carbocycles. The largest absolute Gasteiger partial charge is 0.348 e. The number of aromatic nitrogens is 2. The van der Waals surface area contributed by atoms with Gasteiger partial charge in [0, 0.05) is 24.0 Å². The van der Waals surface area contributed by atoms with E-state index in [1.807, 2.05) is 0 Å². The number of halogens is 2. The lowest BCUT2D eigenvalue weighted by molar-refractivity contribution is 0.0922. The highest BCUT2D eigenvalue weighted by atomic mass is 19.2. The summed E-state index contributed by atoms with van der Waals surface area (Å²) in [6, 6.07) is 5.10. The summed E-state index contributed by atoms with van der Waals surface area (Å²) >= 11 is 0. The Balaban J connectivity index is 1.68. The molecule has 1 amide bonds. The first kappa shape index (κ1) is 16.3. The molecule has 0 saturated heterocycles. The molecule has 3 rings (SSSR count). The van der Waals surface area contributed by atoms with E-state index in [-0.39, 0.29) is 23.6 Å². The molecule has 0 spiro atoms. The highest BCUT2D eigenvalue weighted by molar-refractivity contribution is 5.92. The lowest BCUT2D eigenvalue weighted by Crippen LogP contribution is -2.36. The van der Waals surface area contributed by atoms with Crippen molar-refractivity contribution in [3.05, 3.63) is 47.8 Å². The molecule has 0 unspecified atom stereocenters. The summed E-state index contributed by atoms with van der Waals surface area (Å²) in [5, 5.41) is 5.74. The average molecular weight is 332 g/mol. The number of rotatable bonds is 4. The van der Waals surface area contributed by atoms with Gasteiger partial charge in [-0.25, -0.2) is 18.7 Å². The number of anilines is 2. The van der Waals surface area contributed by atoms with Crippen molar-refractivity contribution in [2.24, 2.45) is 0 Å². The SMILES string of the molecule is O=C(NC1CCCCC1)c1ccnc(Nc2ccc(F)c(F)c2)n1. The Morgan fingerprint density at radius 3 is 2.62 bits per heavy atom. The molecule has 1 fully saturated rings. The van der Waals surface area contributed by atoms with Crippen molar-refractivity contribution >= 4 is 17.5 Å². The number of carbonyl (C=O) groups is 1. The van der Waals surface area contributed by atoms with Gasteiger partial charge in [0.2, 0.25) is 5.95 Å². The van der Waals surface area contributed by atoms with Gasteiger partial charge in [0.05, 0.1) is 0 Å². The first-order valence-corrected chi connectivity index (χ1v) is 7.98. The van der Waals surface area contributed by atoms with Crippen molar-refractivity contribution in [2.45, 2.75) is 38.1 Å². The fraction of sp³-hybridized carbons (Fsp3) is 0.353. The van der Waals surface area contributed by atoms with Crippen molar-refractivity contribution in [1.82, 2.24) is 15.3 Å². The van der Waals surface area contributed by atoms with Crippen molar-refractivity contribution in [3.8, 4) is 0 Å². The first-order chi connectivity index (χ1) is 11.6. The number of amides is 1. The summed E-state index contributed by atoms with van der Waals surface area (Å²) in [4.78, 5) is 20.4. The van der Waals surface area contributed by atoms with Crippen LogP contribution in [-0.4, -0.2) is 21.9 Å². The second-order valence-corrected chi connectivity index (χ2v) is 5.83. The van der Waals surface area contributed by atoms with Gasteiger partial charge in [-0.2, -0.15) is 0 Å². The maximum atomic E-state index is 13.2. The van der Waals surface area contributed by atoms with Crippen LogP contribution in [0.3, 0.4) is 0 Å². The van der Waals surface area contributed by atoms with E-state index < -0.39 is 11.6 Å². The molecular formula is C17H18F2N4O. The topological polar surface area (TPSA) is 66.9 Å². The lowest BCUT2D eigenvalue weighted by atomic mass is 9.95. The van der Waals surface area contributed by atoms with Crippen molar-refractivity contribution in [3.63, 3.8) is 0 Å². The van der Waals surface area contributed by atoms with Crippen LogP contribution in [0.1, 0.15) is 42.6 Å². The average Bonchev–Trinajstić information content (AvgIpc) is 2.59. The molecule has 24 heavy (non-hydrogen) atoms. The molecule has 0 atom stereocenters. The first-order valence-electron chi connectivity index (χ1n) is 7.98. The standard InChI is InChI=1S/C17H18F2N4O/c18-13-7-6-12(10-14(13)19)22-17-20-9-8-15(23-17)16(24)21-11-4-2-1-3-5-11/h6-11H,1-5H2,(H,21,24)(H,20,22,23). The predicted molar refractivity (Wildman–Crippen MR) is 86.0 cm³/mol. The highest BCUT2D eigenvalue weighted by Gasteiger charge is 2.17. The van der Waals surface area contributed by atoms with Crippen LogP contribution in [0, 0.1) is 11.6 Å². The summed E-state index contributed by atoms with van der Waals surface area (Å²) in [6.45, 7) is 0. The van der Waals surface area contributed by atoms with E-state index in [9.17, 15) is 13.6 Å². The van der Waals surface area contributed by atoms with E-state index in [0.717, 1.165) is 37.8 Å². The van der Waals surface area contributed by atoms with Gasteiger partial charge in [0.25, 0.3) is 5.91 Å². The molecule has 2 aromatic rings.